The van der Waals surface area contributed by atoms with E-state index < -0.39 is 11.9 Å². The zero-order chi connectivity index (χ0) is 11.4. The summed E-state index contributed by atoms with van der Waals surface area (Å²) in [4.78, 5) is 0. The van der Waals surface area contributed by atoms with Crippen LogP contribution in [0.15, 0.2) is 16.6 Å². The topological polar surface area (TPSA) is 32.3 Å². The molecule has 0 saturated carbocycles. The molecule has 0 amide bonds. The van der Waals surface area contributed by atoms with Crippen molar-refractivity contribution in [3.8, 4) is 0 Å². The van der Waals surface area contributed by atoms with Crippen LogP contribution in [-0.2, 0) is 0 Å². The van der Waals surface area contributed by atoms with Gasteiger partial charge in [-0.05, 0) is 28.1 Å². The average molecular weight is 317 g/mol. The molecule has 2 N–H and O–H groups in total. The van der Waals surface area contributed by atoms with Gasteiger partial charge in [0.1, 0.15) is 0 Å². The molecular formula is C9H9BrCl2FNO. The van der Waals surface area contributed by atoms with E-state index in [9.17, 15) is 9.50 Å². The minimum absolute atomic E-state index is 0.0142. The minimum Gasteiger partial charge on any atom is -0.390 e. The van der Waals surface area contributed by atoms with Crippen molar-refractivity contribution < 1.29 is 9.50 Å². The highest BCUT2D eigenvalue weighted by Crippen LogP contribution is 2.30. The van der Waals surface area contributed by atoms with Crippen LogP contribution in [0.4, 0.5) is 10.1 Å². The second-order valence-electron chi connectivity index (χ2n) is 2.91. The number of anilines is 1. The van der Waals surface area contributed by atoms with E-state index in [2.05, 4.69) is 21.2 Å². The molecule has 0 saturated heterocycles. The summed E-state index contributed by atoms with van der Waals surface area (Å²) in [5, 5.41) is 11.9. The molecule has 0 heterocycles. The number of benzene rings is 1. The highest BCUT2D eigenvalue weighted by atomic mass is 79.9. The van der Waals surface area contributed by atoms with Crippen molar-refractivity contribution in [2.75, 3.05) is 17.7 Å². The lowest BCUT2D eigenvalue weighted by Gasteiger charge is -2.11. The number of halogens is 4. The molecule has 6 heteroatoms. The smallest absolute Gasteiger partial charge is 0.165 e. The van der Waals surface area contributed by atoms with Crippen molar-refractivity contribution in [1.29, 1.82) is 0 Å². The number of aliphatic hydroxyl groups excluding tert-OH is 1. The summed E-state index contributed by atoms with van der Waals surface area (Å²) in [5.74, 6) is -0.452. The Morgan fingerprint density at radius 1 is 1.53 bits per heavy atom. The molecule has 15 heavy (non-hydrogen) atoms. The molecule has 2 nitrogen and oxygen atoms in total. The first-order valence-electron chi connectivity index (χ1n) is 4.17. The Morgan fingerprint density at radius 2 is 2.20 bits per heavy atom. The van der Waals surface area contributed by atoms with Crippen LogP contribution in [0, 0.1) is 5.82 Å². The van der Waals surface area contributed by atoms with Gasteiger partial charge in [0.2, 0.25) is 0 Å². The van der Waals surface area contributed by atoms with Crippen molar-refractivity contribution in [3.63, 3.8) is 0 Å². The quantitative estimate of drug-likeness (QED) is 0.660. The van der Waals surface area contributed by atoms with Crippen molar-refractivity contribution in [2.45, 2.75) is 6.10 Å². The maximum absolute atomic E-state index is 13.5. The molecule has 0 radical (unpaired) electrons. The van der Waals surface area contributed by atoms with Crippen LogP contribution < -0.4 is 5.32 Å². The number of alkyl halides is 1. The van der Waals surface area contributed by atoms with Gasteiger partial charge in [-0.25, -0.2) is 4.39 Å². The third-order valence-electron chi connectivity index (χ3n) is 1.74. The molecule has 0 aromatic heterocycles. The molecule has 84 valence electrons. The number of nitrogens with one attached hydrogen (secondary N) is 1. The third-order valence-corrected chi connectivity index (χ3v) is 3.36. The highest BCUT2D eigenvalue weighted by molar-refractivity contribution is 9.10. The fraction of sp³-hybridized carbons (Fsp3) is 0.333. The van der Waals surface area contributed by atoms with E-state index >= 15 is 0 Å². The minimum atomic E-state index is -0.714. The molecule has 0 fully saturated rings. The van der Waals surface area contributed by atoms with E-state index in [1.165, 1.54) is 6.07 Å². The van der Waals surface area contributed by atoms with Crippen LogP contribution in [0.25, 0.3) is 0 Å². The summed E-state index contributed by atoms with van der Waals surface area (Å²) in [6.07, 6.45) is -0.714. The van der Waals surface area contributed by atoms with Gasteiger partial charge in [0.15, 0.2) is 5.82 Å². The molecule has 0 bridgehead atoms. The second kappa shape index (κ2) is 5.89. The van der Waals surface area contributed by atoms with Gasteiger partial charge in [0.25, 0.3) is 0 Å². The maximum Gasteiger partial charge on any atom is 0.165 e. The average Bonchev–Trinajstić information content (AvgIpc) is 2.24. The summed E-state index contributed by atoms with van der Waals surface area (Å²) in [6, 6.07) is 3.16. The van der Waals surface area contributed by atoms with E-state index in [0.29, 0.717) is 4.47 Å². The molecule has 1 atom stereocenters. The molecule has 1 unspecified atom stereocenters. The summed E-state index contributed by atoms with van der Waals surface area (Å²) < 4.78 is 14.0. The number of aliphatic hydroxyl groups is 1. The van der Waals surface area contributed by atoms with Gasteiger partial charge in [-0.3, -0.25) is 0 Å². The zero-order valence-corrected chi connectivity index (χ0v) is 10.7. The van der Waals surface area contributed by atoms with Gasteiger partial charge in [-0.15, -0.1) is 11.6 Å². The van der Waals surface area contributed by atoms with E-state index in [1.54, 1.807) is 6.07 Å². The predicted octanol–water partition coefficient (Wildman–Crippen LogP) is 3.25. The van der Waals surface area contributed by atoms with Crippen molar-refractivity contribution in [2.24, 2.45) is 0 Å². The molecule has 0 spiro atoms. The van der Waals surface area contributed by atoms with Gasteiger partial charge in [0.05, 0.1) is 22.7 Å². The lowest BCUT2D eigenvalue weighted by molar-refractivity contribution is 0.211. The van der Waals surface area contributed by atoms with Gasteiger partial charge in [0, 0.05) is 11.0 Å². The van der Waals surface area contributed by atoms with Crippen LogP contribution in [0.2, 0.25) is 5.02 Å². The maximum atomic E-state index is 13.5. The van der Waals surface area contributed by atoms with E-state index in [4.69, 9.17) is 23.2 Å². The van der Waals surface area contributed by atoms with Gasteiger partial charge in [-0.2, -0.15) is 0 Å². The lowest BCUT2D eigenvalue weighted by atomic mass is 10.3. The Balaban J connectivity index is 2.74. The fourth-order valence-corrected chi connectivity index (χ4v) is 1.52. The number of hydrogen-bond acceptors (Lipinski definition) is 2. The zero-order valence-electron chi connectivity index (χ0n) is 7.61. The van der Waals surface area contributed by atoms with E-state index in [0.717, 1.165) is 0 Å². The summed E-state index contributed by atoms with van der Waals surface area (Å²) >= 11 is 14.2. The molecule has 1 aromatic rings. The largest absolute Gasteiger partial charge is 0.390 e. The Morgan fingerprint density at radius 3 is 2.80 bits per heavy atom. The molecule has 1 rings (SSSR count). The third kappa shape index (κ3) is 3.48. The van der Waals surface area contributed by atoms with E-state index in [-0.39, 0.29) is 23.1 Å². The normalized spacial score (nSPS) is 12.6. The molecule has 0 aliphatic rings. The van der Waals surface area contributed by atoms with Gasteiger partial charge in [-0.1, -0.05) is 11.6 Å². The Labute approximate surface area is 106 Å². The van der Waals surface area contributed by atoms with Crippen molar-refractivity contribution in [1.82, 2.24) is 0 Å². The first-order valence-corrected chi connectivity index (χ1v) is 5.88. The predicted molar refractivity (Wildman–Crippen MR) is 64.3 cm³/mol. The standard InChI is InChI=1S/C9H9BrCl2FNO/c10-6-1-2-7(9(13)8(6)12)14-4-5(15)3-11/h1-2,5,14-15H,3-4H2. The molecule has 0 aliphatic carbocycles. The molecule has 1 aromatic carbocycles. The van der Waals surface area contributed by atoms with Crippen LogP contribution in [-0.4, -0.2) is 23.6 Å². The Kier molecular flexibility index (Phi) is 5.12. The van der Waals surface area contributed by atoms with Crippen LogP contribution >= 0.6 is 39.1 Å². The van der Waals surface area contributed by atoms with Gasteiger partial charge < -0.3 is 10.4 Å². The molecule has 0 aliphatic heterocycles. The first-order chi connectivity index (χ1) is 7.06. The van der Waals surface area contributed by atoms with Crippen molar-refractivity contribution in [3.05, 3.63) is 27.4 Å². The van der Waals surface area contributed by atoms with Gasteiger partial charge >= 0.3 is 0 Å². The summed E-state index contributed by atoms with van der Waals surface area (Å²) in [5.41, 5.74) is 0.243. The Hall–Kier alpha value is -0.0300. The van der Waals surface area contributed by atoms with Crippen LogP contribution in [0.3, 0.4) is 0 Å². The Bertz CT molecular complexity index is 351. The lowest BCUT2D eigenvalue weighted by Crippen LogP contribution is -2.21. The second-order valence-corrected chi connectivity index (χ2v) is 4.45. The highest BCUT2D eigenvalue weighted by Gasteiger charge is 2.10. The SMILES string of the molecule is OC(CCl)CNc1ccc(Br)c(Cl)c1F. The molecular weight excluding hydrogens is 308 g/mol. The number of rotatable bonds is 4. The summed E-state index contributed by atoms with van der Waals surface area (Å²) in [6.45, 7) is 0.179. The fourth-order valence-electron chi connectivity index (χ4n) is 0.945. The number of hydrogen-bond donors (Lipinski definition) is 2. The van der Waals surface area contributed by atoms with Crippen molar-refractivity contribution >= 4 is 44.8 Å². The first kappa shape index (κ1) is 13.0. The van der Waals surface area contributed by atoms with Crippen LogP contribution in [0.5, 0.6) is 0 Å². The monoisotopic (exact) mass is 315 g/mol. The van der Waals surface area contributed by atoms with Crippen LogP contribution in [0.1, 0.15) is 0 Å². The summed E-state index contributed by atoms with van der Waals surface area (Å²) in [7, 11) is 0. The van der Waals surface area contributed by atoms with E-state index in [1.807, 2.05) is 0 Å².